The molecular weight excluding hydrogens is 290 g/mol. The lowest BCUT2D eigenvalue weighted by molar-refractivity contribution is 0.462. The average Bonchev–Trinajstić information content (AvgIpc) is 3.15. The molecule has 0 saturated carbocycles. The summed E-state index contributed by atoms with van der Waals surface area (Å²) in [7, 11) is 0. The summed E-state index contributed by atoms with van der Waals surface area (Å²) in [4.78, 5) is 2.95. The molecule has 2 aromatic heterocycles. The van der Waals surface area contributed by atoms with Gasteiger partial charge in [0.2, 0.25) is 0 Å². The van der Waals surface area contributed by atoms with Gasteiger partial charge in [-0.1, -0.05) is 12.1 Å². The summed E-state index contributed by atoms with van der Waals surface area (Å²) < 4.78 is 0. The Balaban J connectivity index is 1.62. The van der Waals surface area contributed by atoms with Gasteiger partial charge in [-0.15, -0.1) is 22.7 Å². The molecule has 3 heterocycles. The molecule has 2 unspecified atom stereocenters. The van der Waals surface area contributed by atoms with E-state index >= 15 is 0 Å². The van der Waals surface area contributed by atoms with E-state index in [-0.39, 0.29) is 0 Å². The topological polar surface area (TPSA) is 12.0 Å². The first-order chi connectivity index (χ1) is 9.42. The lowest BCUT2D eigenvalue weighted by Gasteiger charge is -2.19. The molecule has 0 spiro atoms. The maximum atomic E-state index is 3.81. The highest BCUT2D eigenvalue weighted by Crippen LogP contribution is 2.27. The van der Waals surface area contributed by atoms with Crippen molar-refractivity contribution in [3.8, 4) is 0 Å². The monoisotopic (exact) mass is 309 g/mol. The fraction of sp³-hybridized carbons (Fsp3) is 0.467. The van der Waals surface area contributed by atoms with Crippen LogP contribution in [0.25, 0.3) is 0 Å². The number of rotatable bonds is 6. The Kier molecular flexibility index (Phi) is 4.99. The van der Waals surface area contributed by atoms with Crippen LogP contribution in [0.5, 0.6) is 0 Å². The van der Waals surface area contributed by atoms with Crippen LogP contribution in [0.2, 0.25) is 0 Å². The van der Waals surface area contributed by atoms with Gasteiger partial charge in [0.25, 0.3) is 0 Å². The Morgan fingerprint density at radius 1 is 1.21 bits per heavy atom. The molecule has 1 fully saturated rings. The number of thioether (sulfide) groups is 1. The molecule has 1 aliphatic rings. The van der Waals surface area contributed by atoms with E-state index < -0.39 is 0 Å². The summed E-state index contributed by atoms with van der Waals surface area (Å²) in [6.07, 6.45) is 2.51. The normalized spacial score (nSPS) is 20.7. The van der Waals surface area contributed by atoms with Crippen molar-refractivity contribution in [2.24, 2.45) is 5.92 Å². The fourth-order valence-corrected chi connectivity index (χ4v) is 5.28. The summed E-state index contributed by atoms with van der Waals surface area (Å²) in [5.74, 6) is 3.56. The minimum atomic E-state index is 0.490. The molecule has 0 aliphatic carbocycles. The second-order valence-corrected chi connectivity index (χ2v) is 8.15. The van der Waals surface area contributed by atoms with Gasteiger partial charge >= 0.3 is 0 Å². The Bertz CT molecular complexity index is 458. The smallest absolute Gasteiger partial charge is 0.0463 e. The summed E-state index contributed by atoms with van der Waals surface area (Å²) in [5, 5.41) is 8.17. The van der Waals surface area contributed by atoms with Crippen molar-refractivity contribution in [2.75, 3.05) is 18.1 Å². The molecule has 1 aliphatic heterocycles. The van der Waals surface area contributed by atoms with E-state index in [4.69, 9.17) is 0 Å². The largest absolute Gasteiger partial charge is 0.309 e. The van der Waals surface area contributed by atoms with Crippen LogP contribution >= 0.6 is 34.4 Å². The van der Waals surface area contributed by atoms with Crippen LogP contribution in [-0.2, 0) is 6.42 Å². The Labute approximate surface area is 127 Å². The molecule has 102 valence electrons. The molecule has 0 aromatic carbocycles. The third-order valence-corrected chi connectivity index (χ3v) is 6.67. The van der Waals surface area contributed by atoms with E-state index in [2.05, 4.69) is 52.1 Å². The summed E-state index contributed by atoms with van der Waals surface area (Å²) in [6.45, 7) is 1.17. The van der Waals surface area contributed by atoms with Gasteiger partial charge in [0.15, 0.2) is 0 Å². The first-order valence-electron chi connectivity index (χ1n) is 6.79. The zero-order valence-corrected chi connectivity index (χ0v) is 13.3. The number of thiophene rings is 2. The van der Waals surface area contributed by atoms with Crippen LogP contribution in [0, 0.1) is 5.92 Å². The minimum Gasteiger partial charge on any atom is -0.309 e. The van der Waals surface area contributed by atoms with Gasteiger partial charge in [0, 0.05) is 22.2 Å². The Morgan fingerprint density at radius 3 is 2.79 bits per heavy atom. The second-order valence-electron chi connectivity index (χ2n) is 4.99. The molecule has 1 nitrogen and oxygen atoms in total. The Morgan fingerprint density at radius 2 is 2.11 bits per heavy atom. The fourth-order valence-electron chi connectivity index (χ4n) is 2.45. The number of hydrogen-bond donors (Lipinski definition) is 1. The van der Waals surface area contributed by atoms with E-state index in [1.807, 2.05) is 22.7 Å². The van der Waals surface area contributed by atoms with Crippen molar-refractivity contribution >= 4 is 34.4 Å². The van der Waals surface area contributed by atoms with E-state index in [0.717, 1.165) is 12.3 Å². The van der Waals surface area contributed by atoms with Crippen molar-refractivity contribution in [3.05, 3.63) is 44.8 Å². The molecular formula is C15H19NS3. The van der Waals surface area contributed by atoms with Crippen molar-refractivity contribution < 1.29 is 0 Å². The molecule has 1 saturated heterocycles. The Hall–Kier alpha value is -0.290. The van der Waals surface area contributed by atoms with E-state index in [1.54, 1.807) is 0 Å². The van der Waals surface area contributed by atoms with Gasteiger partial charge in [0.1, 0.15) is 0 Å². The van der Waals surface area contributed by atoms with Crippen molar-refractivity contribution in [1.82, 2.24) is 5.32 Å². The van der Waals surface area contributed by atoms with Crippen molar-refractivity contribution in [3.63, 3.8) is 0 Å². The van der Waals surface area contributed by atoms with Gasteiger partial charge in [-0.05, 0) is 53.3 Å². The highest BCUT2D eigenvalue weighted by Gasteiger charge is 2.19. The maximum absolute atomic E-state index is 3.81. The molecule has 1 N–H and O–H groups in total. The van der Waals surface area contributed by atoms with Crippen molar-refractivity contribution in [2.45, 2.75) is 18.9 Å². The molecule has 2 atom stereocenters. The SMILES string of the molecule is c1csc(CC(NCC2CCSC2)c2cccs2)c1. The summed E-state index contributed by atoms with van der Waals surface area (Å²) in [5.41, 5.74) is 0. The predicted octanol–water partition coefficient (Wildman–Crippen LogP) is 4.44. The van der Waals surface area contributed by atoms with Crippen LogP contribution in [0.15, 0.2) is 35.0 Å². The van der Waals surface area contributed by atoms with Crippen LogP contribution in [0.1, 0.15) is 22.2 Å². The summed E-state index contributed by atoms with van der Waals surface area (Å²) >= 11 is 5.84. The van der Waals surface area contributed by atoms with E-state index in [1.165, 1.54) is 34.2 Å². The average molecular weight is 310 g/mol. The van der Waals surface area contributed by atoms with Crippen molar-refractivity contribution in [1.29, 1.82) is 0 Å². The zero-order chi connectivity index (χ0) is 12.9. The first kappa shape index (κ1) is 13.7. The van der Waals surface area contributed by atoms with Crippen LogP contribution in [0.3, 0.4) is 0 Å². The van der Waals surface area contributed by atoms with Gasteiger partial charge in [-0.25, -0.2) is 0 Å². The highest BCUT2D eigenvalue weighted by atomic mass is 32.2. The van der Waals surface area contributed by atoms with Crippen LogP contribution < -0.4 is 5.32 Å². The maximum Gasteiger partial charge on any atom is 0.0463 e. The predicted molar refractivity (Wildman–Crippen MR) is 88.5 cm³/mol. The molecule has 4 heteroatoms. The molecule has 3 rings (SSSR count). The molecule has 0 radical (unpaired) electrons. The first-order valence-corrected chi connectivity index (χ1v) is 9.70. The third kappa shape index (κ3) is 3.85. The highest BCUT2D eigenvalue weighted by molar-refractivity contribution is 7.99. The quantitative estimate of drug-likeness (QED) is 0.847. The van der Waals surface area contributed by atoms with Crippen LogP contribution in [0.4, 0.5) is 0 Å². The van der Waals surface area contributed by atoms with Gasteiger partial charge in [-0.2, -0.15) is 11.8 Å². The minimum absolute atomic E-state index is 0.490. The lowest BCUT2D eigenvalue weighted by atomic mass is 10.1. The van der Waals surface area contributed by atoms with Gasteiger partial charge in [-0.3, -0.25) is 0 Å². The molecule has 0 amide bonds. The van der Waals surface area contributed by atoms with Gasteiger partial charge < -0.3 is 5.32 Å². The number of hydrogen-bond acceptors (Lipinski definition) is 4. The van der Waals surface area contributed by atoms with Gasteiger partial charge in [0.05, 0.1) is 0 Å². The van der Waals surface area contributed by atoms with Crippen LogP contribution in [-0.4, -0.2) is 18.1 Å². The molecule has 2 aromatic rings. The van der Waals surface area contributed by atoms with E-state index in [0.29, 0.717) is 6.04 Å². The molecule has 19 heavy (non-hydrogen) atoms. The standard InChI is InChI=1S/C15H19NS3/c1-3-13(18-6-1)9-14(15-4-2-7-19-15)16-10-12-5-8-17-11-12/h1-4,6-7,12,14,16H,5,8-11H2. The lowest BCUT2D eigenvalue weighted by Crippen LogP contribution is -2.28. The second kappa shape index (κ2) is 6.93. The summed E-state index contributed by atoms with van der Waals surface area (Å²) in [6, 6.07) is 9.31. The third-order valence-electron chi connectivity index (χ3n) is 3.55. The molecule has 0 bridgehead atoms. The van der Waals surface area contributed by atoms with E-state index in [9.17, 15) is 0 Å². The zero-order valence-electron chi connectivity index (χ0n) is 10.9. The number of nitrogens with one attached hydrogen (secondary N) is 1.